The lowest BCUT2D eigenvalue weighted by Gasteiger charge is -2.12. The van der Waals surface area contributed by atoms with Crippen molar-refractivity contribution in [2.45, 2.75) is 18.8 Å². The molecule has 0 aliphatic carbocycles. The van der Waals surface area contributed by atoms with Gasteiger partial charge in [0.2, 0.25) is 0 Å². The minimum absolute atomic E-state index is 0.347. The molecule has 0 bridgehead atoms. The average Bonchev–Trinajstić information content (AvgIpc) is 1.91. The second kappa shape index (κ2) is 1.87. The maximum atomic E-state index is 5.60. The lowest BCUT2D eigenvalue weighted by atomic mass is 9.95. The fourth-order valence-electron chi connectivity index (χ4n) is 0.936. The Hall–Kier alpha value is 0.0249. The molecule has 0 saturated carbocycles. The van der Waals surface area contributed by atoms with Crippen LogP contribution in [0.2, 0.25) is 0 Å². The summed E-state index contributed by atoms with van der Waals surface area (Å²) >= 11 is 0. The van der Waals surface area contributed by atoms with Gasteiger partial charge in [-0.05, 0) is 32.4 Å². The zero-order valence-electron chi connectivity index (χ0n) is 4.72. The maximum absolute atomic E-state index is 5.60. The van der Waals surface area contributed by atoms with Gasteiger partial charge in [-0.2, -0.15) is 0 Å². The van der Waals surface area contributed by atoms with E-state index in [1.165, 1.54) is 19.4 Å². The van der Waals surface area contributed by atoms with E-state index in [1.807, 2.05) is 0 Å². The van der Waals surface area contributed by atoms with Crippen molar-refractivity contribution in [3.05, 3.63) is 0 Å². The van der Waals surface area contributed by atoms with Gasteiger partial charge in [0, 0.05) is 0 Å². The van der Waals surface area contributed by atoms with Gasteiger partial charge >= 0.3 is 0 Å². The van der Waals surface area contributed by atoms with Gasteiger partial charge in [0.05, 0.1) is 7.85 Å². The third-order valence-electron chi connectivity index (χ3n) is 1.58. The topological polar surface area (TPSA) is 3.24 Å². The first kappa shape index (κ1) is 5.17. The predicted octanol–water partition coefficient (Wildman–Crippen LogP) is 0.207. The molecular weight excluding hydrogens is 84.9 g/mol. The van der Waals surface area contributed by atoms with Crippen molar-refractivity contribution < 1.29 is 0 Å². The van der Waals surface area contributed by atoms with Crippen molar-refractivity contribution in [2.24, 2.45) is 0 Å². The molecule has 1 rings (SSSR count). The van der Waals surface area contributed by atoms with E-state index in [1.54, 1.807) is 0 Å². The van der Waals surface area contributed by atoms with Gasteiger partial charge in [-0.1, -0.05) is 0 Å². The van der Waals surface area contributed by atoms with Crippen LogP contribution in [0, 0.1) is 0 Å². The van der Waals surface area contributed by atoms with Crippen LogP contribution in [-0.4, -0.2) is 32.3 Å². The number of nitrogens with zero attached hydrogens (tertiary/aromatic N) is 1. The van der Waals surface area contributed by atoms with E-state index in [4.69, 9.17) is 7.85 Å². The van der Waals surface area contributed by atoms with Crippen molar-refractivity contribution >= 4 is 7.85 Å². The summed E-state index contributed by atoms with van der Waals surface area (Å²) in [4.78, 5) is 2.18. The molecule has 7 heavy (non-hydrogen) atoms. The molecule has 1 atom stereocenters. The van der Waals surface area contributed by atoms with Gasteiger partial charge in [-0.15, -0.1) is 0 Å². The van der Waals surface area contributed by atoms with E-state index in [2.05, 4.69) is 11.9 Å². The van der Waals surface area contributed by atoms with E-state index in [0.717, 1.165) is 0 Å². The Morgan fingerprint density at radius 3 is 2.57 bits per heavy atom. The number of hydrogen-bond donors (Lipinski definition) is 0. The molecule has 38 valence electrons. The largest absolute Gasteiger partial charge is 0.312 e. The van der Waals surface area contributed by atoms with Crippen LogP contribution in [0.15, 0.2) is 0 Å². The molecule has 1 unspecified atom stereocenters. The molecule has 0 amide bonds. The van der Waals surface area contributed by atoms with Crippen LogP contribution in [0.25, 0.3) is 0 Å². The van der Waals surface area contributed by atoms with Gasteiger partial charge in [-0.3, -0.25) is 0 Å². The number of rotatable bonds is 0. The van der Waals surface area contributed by atoms with E-state index >= 15 is 0 Å². The molecule has 2 heteroatoms. The Morgan fingerprint density at radius 2 is 2.43 bits per heavy atom. The van der Waals surface area contributed by atoms with Gasteiger partial charge in [-0.25, -0.2) is 0 Å². The van der Waals surface area contributed by atoms with Crippen LogP contribution in [-0.2, 0) is 0 Å². The summed E-state index contributed by atoms with van der Waals surface area (Å²) in [6.07, 6.45) is 2.45. The first-order chi connectivity index (χ1) is 3.30. The molecule has 1 fully saturated rings. The SMILES string of the molecule is [B]C1CCCN1C. The van der Waals surface area contributed by atoms with Gasteiger partial charge in [0.1, 0.15) is 0 Å². The van der Waals surface area contributed by atoms with E-state index in [-0.39, 0.29) is 0 Å². The molecule has 0 aromatic carbocycles. The molecular formula is C5H10BN. The fourth-order valence-corrected chi connectivity index (χ4v) is 0.936. The van der Waals surface area contributed by atoms with Gasteiger partial charge in [0.25, 0.3) is 0 Å². The fraction of sp³-hybridized carbons (Fsp3) is 1.00. The van der Waals surface area contributed by atoms with E-state index < -0.39 is 0 Å². The highest BCUT2D eigenvalue weighted by atomic mass is 15.1. The molecule has 1 aliphatic rings. The summed E-state index contributed by atoms with van der Waals surface area (Å²) in [5.41, 5.74) is 0. The van der Waals surface area contributed by atoms with Crippen LogP contribution in [0.4, 0.5) is 0 Å². The molecule has 1 nitrogen and oxygen atoms in total. The quantitative estimate of drug-likeness (QED) is 0.388. The zero-order chi connectivity index (χ0) is 5.28. The third-order valence-corrected chi connectivity index (χ3v) is 1.58. The lowest BCUT2D eigenvalue weighted by Crippen LogP contribution is -2.24. The van der Waals surface area contributed by atoms with Gasteiger partial charge in [0.15, 0.2) is 0 Å². The summed E-state index contributed by atoms with van der Waals surface area (Å²) in [5, 5.41) is 0. The summed E-state index contributed by atoms with van der Waals surface area (Å²) in [6.45, 7) is 1.18. The minimum atomic E-state index is 0.347. The molecule has 0 spiro atoms. The average molecular weight is 95.0 g/mol. The number of hydrogen-bond acceptors (Lipinski definition) is 1. The molecule has 2 radical (unpaired) electrons. The predicted molar refractivity (Wildman–Crippen MR) is 31.4 cm³/mol. The van der Waals surface area contributed by atoms with Crippen molar-refractivity contribution in [3.63, 3.8) is 0 Å². The summed E-state index contributed by atoms with van der Waals surface area (Å²) in [6, 6.07) is 0. The minimum Gasteiger partial charge on any atom is -0.312 e. The van der Waals surface area contributed by atoms with Crippen LogP contribution in [0.5, 0.6) is 0 Å². The maximum Gasteiger partial charge on any atom is 0.0910 e. The monoisotopic (exact) mass is 95.1 g/mol. The lowest BCUT2D eigenvalue weighted by molar-refractivity contribution is 0.385. The zero-order valence-corrected chi connectivity index (χ0v) is 4.72. The second-order valence-electron chi connectivity index (χ2n) is 2.19. The van der Waals surface area contributed by atoms with Crippen LogP contribution in [0.3, 0.4) is 0 Å². The molecule has 1 saturated heterocycles. The molecule has 0 aromatic heterocycles. The van der Waals surface area contributed by atoms with Crippen LogP contribution < -0.4 is 0 Å². The van der Waals surface area contributed by atoms with E-state index in [9.17, 15) is 0 Å². The van der Waals surface area contributed by atoms with Crippen LogP contribution >= 0.6 is 0 Å². The summed E-state index contributed by atoms with van der Waals surface area (Å²) in [5.74, 6) is 0.347. The van der Waals surface area contributed by atoms with Crippen molar-refractivity contribution in [1.82, 2.24) is 4.90 Å². The van der Waals surface area contributed by atoms with Crippen LogP contribution in [0.1, 0.15) is 12.8 Å². The molecule has 1 aliphatic heterocycles. The summed E-state index contributed by atoms with van der Waals surface area (Å²) < 4.78 is 0. The highest BCUT2D eigenvalue weighted by molar-refractivity contribution is 6.11. The third kappa shape index (κ3) is 0.971. The highest BCUT2D eigenvalue weighted by Crippen LogP contribution is 2.09. The molecule has 0 aromatic rings. The van der Waals surface area contributed by atoms with E-state index in [0.29, 0.717) is 5.94 Å². The summed E-state index contributed by atoms with van der Waals surface area (Å²) in [7, 11) is 7.67. The Morgan fingerprint density at radius 1 is 1.71 bits per heavy atom. The molecule has 1 heterocycles. The smallest absolute Gasteiger partial charge is 0.0910 e. The standard InChI is InChI=1S/C5H10BN/c1-7-4-2-3-5(7)6/h5H,2-4H2,1H3. The van der Waals surface area contributed by atoms with Crippen molar-refractivity contribution in [1.29, 1.82) is 0 Å². The van der Waals surface area contributed by atoms with Gasteiger partial charge < -0.3 is 4.90 Å². The highest BCUT2D eigenvalue weighted by Gasteiger charge is 2.13. The van der Waals surface area contributed by atoms with Crippen molar-refractivity contribution in [3.8, 4) is 0 Å². The molecule has 0 N–H and O–H groups in total. The Kier molecular flexibility index (Phi) is 1.38. The van der Waals surface area contributed by atoms with Crippen molar-refractivity contribution in [2.75, 3.05) is 13.6 Å². The number of likely N-dealkylation sites (tertiary alicyclic amines) is 1. The first-order valence-electron chi connectivity index (χ1n) is 2.76. The first-order valence-corrected chi connectivity index (χ1v) is 2.76. The Balaban J connectivity index is 2.33. The second-order valence-corrected chi connectivity index (χ2v) is 2.19. The normalized spacial score (nSPS) is 34.1. The Labute approximate surface area is 46.1 Å². The Bertz CT molecular complexity index is 57.1.